The highest BCUT2D eigenvalue weighted by Crippen LogP contribution is 2.30. The molecule has 3 rings (SSSR count). The summed E-state index contributed by atoms with van der Waals surface area (Å²) >= 11 is 2.24. The molecule has 0 saturated heterocycles. The van der Waals surface area contributed by atoms with Crippen molar-refractivity contribution in [2.24, 2.45) is 5.10 Å². The third-order valence-electron chi connectivity index (χ3n) is 3.38. The molecule has 0 bridgehead atoms. The fourth-order valence-electron chi connectivity index (χ4n) is 2.14. The summed E-state index contributed by atoms with van der Waals surface area (Å²) in [4.78, 5) is 12.2. The van der Waals surface area contributed by atoms with Crippen LogP contribution in [-0.2, 0) is 4.79 Å². The van der Waals surface area contributed by atoms with E-state index in [0.717, 1.165) is 14.8 Å². The molecule has 0 radical (unpaired) electrons. The Morgan fingerprint density at radius 2 is 2.00 bits per heavy atom. The number of fused-ring (bicyclic) bond motifs is 1. The van der Waals surface area contributed by atoms with Crippen LogP contribution in [0.1, 0.15) is 12.5 Å². The number of ether oxygens (including phenoxy) is 2. The molecule has 0 unspecified atom stereocenters. The van der Waals surface area contributed by atoms with Crippen LogP contribution in [0.15, 0.2) is 53.6 Å². The van der Waals surface area contributed by atoms with E-state index in [4.69, 9.17) is 9.47 Å². The molecule has 0 spiro atoms. The molecule has 23 heavy (non-hydrogen) atoms. The summed E-state index contributed by atoms with van der Waals surface area (Å²) in [7, 11) is 0. The normalized spacial score (nSPS) is 16.8. The maximum atomic E-state index is 12.2. The Hall–Kier alpha value is -2.09. The van der Waals surface area contributed by atoms with E-state index < -0.39 is 6.10 Å². The minimum Gasteiger partial charge on any atom is -0.485 e. The summed E-state index contributed by atoms with van der Waals surface area (Å²) in [5.74, 6) is 0.886. The zero-order chi connectivity index (χ0) is 16.2. The van der Waals surface area contributed by atoms with Crippen molar-refractivity contribution in [1.29, 1.82) is 0 Å². The van der Waals surface area contributed by atoms with E-state index >= 15 is 0 Å². The lowest BCUT2D eigenvalue weighted by Gasteiger charge is -2.24. The molecule has 0 saturated carbocycles. The summed E-state index contributed by atoms with van der Waals surface area (Å²) in [5, 5.41) is 4.14. The molecule has 0 aliphatic carbocycles. The third kappa shape index (κ3) is 3.82. The average Bonchev–Trinajstić information content (AvgIpc) is 2.59. The summed E-state index contributed by atoms with van der Waals surface area (Å²) in [6, 6.07) is 15.2. The largest absolute Gasteiger partial charge is 0.485 e. The minimum absolute atomic E-state index is 0.167. The second-order valence-corrected chi connectivity index (χ2v) is 6.29. The summed E-state index contributed by atoms with van der Waals surface area (Å²) < 4.78 is 12.3. The van der Waals surface area contributed by atoms with E-state index in [2.05, 4.69) is 33.1 Å². The first-order valence-corrected chi connectivity index (χ1v) is 8.20. The first-order chi connectivity index (χ1) is 11.1. The Morgan fingerprint density at radius 1 is 1.22 bits per heavy atom. The number of hydrazone groups is 1. The molecular weight excluding hydrogens is 407 g/mol. The second-order valence-electron chi connectivity index (χ2n) is 5.05. The standard InChI is InChI=1S/C17H15IN2O3/c1-11(12-5-4-6-13(18)9-12)19-20-17(21)16-10-22-14-7-2-3-8-15(14)23-16/h2-9,16H,10H2,1H3,(H,20,21)/b19-11-/t16-/m0/s1. The minimum atomic E-state index is -0.711. The quantitative estimate of drug-likeness (QED) is 0.470. The SMILES string of the molecule is C/C(=N/NC(=O)[C@@H]1COc2ccccc2O1)c1cccc(I)c1. The molecule has 2 aromatic carbocycles. The molecular formula is C17H15IN2O3. The second kappa shape index (κ2) is 6.99. The average molecular weight is 422 g/mol. The Balaban J connectivity index is 1.65. The summed E-state index contributed by atoms with van der Waals surface area (Å²) in [6.07, 6.45) is -0.711. The van der Waals surface area contributed by atoms with Gasteiger partial charge in [-0.3, -0.25) is 4.79 Å². The molecule has 1 amide bonds. The number of carbonyl (C=O) groups excluding carboxylic acids is 1. The molecule has 1 atom stereocenters. The highest BCUT2D eigenvalue weighted by Gasteiger charge is 2.27. The lowest BCUT2D eigenvalue weighted by molar-refractivity contribution is -0.130. The maximum Gasteiger partial charge on any atom is 0.284 e. The van der Waals surface area contributed by atoms with Crippen molar-refractivity contribution in [3.63, 3.8) is 0 Å². The number of nitrogens with one attached hydrogen (secondary N) is 1. The van der Waals surface area contributed by atoms with Gasteiger partial charge in [0.25, 0.3) is 5.91 Å². The Kier molecular flexibility index (Phi) is 4.80. The van der Waals surface area contributed by atoms with Gasteiger partial charge in [0, 0.05) is 3.57 Å². The van der Waals surface area contributed by atoms with E-state index in [1.54, 1.807) is 6.07 Å². The van der Waals surface area contributed by atoms with Crippen LogP contribution in [0.2, 0.25) is 0 Å². The van der Waals surface area contributed by atoms with E-state index in [1.165, 1.54) is 0 Å². The lowest BCUT2D eigenvalue weighted by Crippen LogP contribution is -2.42. The fourth-order valence-corrected chi connectivity index (χ4v) is 2.68. The number of benzene rings is 2. The lowest BCUT2D eigenvalue weighted by atomic mass is 10.1. The number of amides is 1. The molecule has 1 N–H and O–H groups in total. The fraction of sp³-hybridized carbons (Fsp3) is 0.176. The maximum absolute atomic E-state index is 12.2. The van der Waals surface area contributed by atoms with Crippen molar-refractivity contribution in [3.05, 3.63) is 57.7 Å². The van der Waals surface area contributed by atoms with Gasteiger partial charge in [0.1, 0.15) is 6.61 Å². The third-order valence-corrected chi connectivity index (χ3v) is 4.05. The molecule has 2 aromatic rings. The zero-order valence-corrected chi connectivity index (χ0v) is 14.6. The molecule has 6 heteroatoms. The number of halogens is 1. The molecule has 1 heterocycles. The Labute approximate surface area is 147 Å². The first kappa shape index (κ1) is 15.8. The van der Waals surface area contributed by atoms with Crippen molar-refractivity contribution in [3.8, 4) is 11.5 Å². The van der Waals surface area contributed by atoms with E-state index in [-0.39, 0.29) is 12.5 Å². The highest BCUT2D eigenvalue weighted by atomic mass is 127. The highest BCUT2D eigenvalue weighted by molar-refractivity contribution is 14.1. The number of para-hydroxylation sites is 2. The predicted octanol–water partition coefficient (Wildman–Crippen LogP) is 2.97. The van der Waals surface area contributed by atoms with Gasteiger partial charge >= 0.3 is 0 Å². The summed E-state index contributed by atoms with van der Waals surface area (Å²) in [6.45, 7) is 2.01. The van der Waals surface area contributed by atoms with Crippen LogP contribution in [0, 0.1) is 3.57 Å². The van der Waals surface area contributed by atoms with Gasteiger partial charge < -0.3 is 9.47 Å². The summed E-state index contributed by atoms with van der Waals surface area (Å²) in [5.41, 5.74) is 4.23. The number of carbonyl (C=O) groups is 1. The Morgan fingerprint density at radius 3 is 2.78 bits per heavy atom. The topological polar surface area (TPSA) is 59.9 Å². The first-order valence-electron chi connectivity index (χ1n) is 7.12. The van der Waals surface area contributed by atoms with Crippen LogP contribution in [0.5, 0.6) is 11.5 Å². The van der Waals surface area contributed by atoms with E-state index in [0.29, 0.717) is 11.5 Å². The molecule has 1 aliphatic rings. The van der Waals surface area contributed by atoms with Gasteiger partial charge in [-0.1, -0.05) is 24.3 Å². The van der Waals surface area contributed by atoms with Gasteiger partial charge in [0.15, 0.2) is 11.5 Å². The van der Waals surface area contributed by atoms with Crippen molar-refractivity contribution < 1.29 is 14.3 Å². The number of nitrogens with zero attached hydrogens (tertiary/aromatic N) is 1. The van der Waals surface area contributed by atoms with Crippen LogP contribution >= 0.6 is 22.6 Å². The molecule has 5 nitrogen and oxygen atoms in total. The van der Waals surface area contributed by atoms with Crippen LogP contribution in [0.25, 0.3) is 0 Å². The Bertz CT molecular complexity index is 761. The van der Waals surface area contributed by atoms with Crippen molar-refractivity contribution in [2.75, 3.05) is 6.61 Å². The van der Waals surface area contributed by atoms with Crippen molar-refractivity contribution in [1.82, 2.24) is 5.43 Å². The van der Waals surface area contributed by atoms with E-state index in [1.807, 2.05) is 49.4 Å². The molecule has 0 aromatic heterocycles. The van der Waals surface area contributed by atoms with E-state index in [9.17, 15) is 4.79 Å². The van der Waals surface area contributed by atoms with Gasteiger partial charge in [-0.25, -0.2) is 5.43 Å². The van der Waals surface area contributed by atoms with Gasteiger partial charge in [0.05, 0.1) is 5.71 Å². The van der Waals surface area contributed by atoms with Crippen LogP contribution < -0.4 is 14.9 Å². The molecule has 1 aliphatic heterocycles. The monoisotopic (exact) mass is 422 g/mol. The number of hydrogen-bond donors (Lipinski definition) is 1. The van der Waals surface area contributed by atoms with Crippen LogP contribution in [-0.4, -0.2) is 24.3 Å². The van der Waals surface area contributed by atoms with Crippen LogP contribution in [0.3, 0.4) is 0 Å². The van der Waals surface area contributed by atoms with Gasteiger partial charge in [-0.15, -0.1) is 0 Å². The van der Waals surface area contributed by atoms with Gasteiger partial charge in [-0.2, -0.15) is 5.10 Å². The molecule has 0 fully saturated rings. The molecule has 118 valence electrons. The van der Waals surface area contributed by atoms with Crippen molar-refractivity contribution >= 4 is 34.2 Å². The number of hydrogen-bond acceptors (Lipinski definition) is 4. The van der Waals surface area contributed by atoms with Crippen LogP contribution in [0.4, 0.5) is 0 Å². The zero-order valence-electron chi connectivity index (χ0n) is 12.5. The van der Waals surface area contributed by atoms with Gasteiger partial charge in [-0.05, 0) is 59.3 Å². The predicted molar refractivity (Wildman–Crippen MR) is 95.9 cm³/mol. The van der Waals surface area contributed by atoms with Crippen molar-refractivity contribution in [2.45, 2.75) is 13.0 Å². The van der Waals surface area contributed by atoms with Gasteiger partial charge in [0.2, 0.25) is 6.10 Å². The number of rotatable bonds is 3. The smallest absolute Gasteiger partial charge is 0.284 e.